The van der Waals surface area contributed by atoms with Crippen molar-refractivity contribution >= 4 is 27.8 Å². The maximum Gasteiger partial charge on any atom is 0.264 e. The zero-order valence-electron chi connectivity index (χ0n) is 21.3. The van der Waals surface area contributed by atoms with Crippen LogP contribution >= 0.6 is 0 Å². The van der Waals surface area contributed by atoms with Crippen LogP contribution in [0.5, 0.6) is 0 Å². The van der Waals surface area contributed by atoms with E-state index in [-0.39, 0.29) is 11.5 Å². The second-order valence-corrected chi connectivity index (χ2v) is 10.6. The average Bonchev–Trinajstić information content (AvgIpc) is 3.31. The standard InChI is InChI=1S/C29H29N7O2/c1-34-27-24(16-31-34)29(38)36(13-11-18-10-12-35(17-18)28(37)21-6-7-21)26(32-27)20-4-2-19(3-5-20)22-8-9-25-23(14-22)15-30-33-25/h2-5,8-9,14-16,18,21H,6-7,10-13,17H2,1H3,(H,30,33)/t18-/m0/s1. The quantitative estimate of drug-likeness (QED) is 0.375. The van der Waals surface area contributed by atoms with Gasteiger partial charge in [0.05, 0.1) is 17.9 Å². The van der Waals surface area contributed by atoms with Gasteiger partial charge < -0.3 is 4.90 Å². The van der Waals surface area contributed by atoms with Gasteiger partial charge in [0.15, 0.2) is 5.65 Å². The Balaban J connectivity index is 1.19. The van der Waals surface area contributed by atoms with Crippen LogP contribution in [0.25, 0.3) is 44.5 Å². The second kappa shape index (κ2) is 8.93. The lowest BCUT2D eigenvalue weighted by atomic mass is 10.0. The van der Waals surface area contributed by atoms with Gasteiger partial charge >= 0.3 is 0 Å². The maximum absolute atomic E-state index is 13.6. The highest BCUT2D eigenvalue weighted by atomic mass is 16.2. The molecule has 1 aliphatic heterocycles. The number of benzene rings is 2. The van der Waals surface area contributed by atoms with E-state index in [1.807, 2.05) is 36.3 Å². The van der Waals surface area contributed by atoms with E-state index in [0.717, 1.165) is 66.4 Å². The van der Waals surface area contributed by atoms with Gasteiger partial charge in [0, 0.05) is 43.5 Å². The molecule has 1 N–H and O–H groups in total. The highest BCUT2D eigenvalue weighted by molar-refractivity contribution is 5.84. The molecule has 38 heavy (non-hydrogen) atoms. The summed E-state index contributed by atoms with van der Waals surface area (Å²) < 4.78 is 3.44. The Labute approximate surface area is 219 Å². The first-order valence-electron chi connectivity index (χ1n) is 13.3. The highest BCUT2D eigenvalue weighted by Crippen LogP contribution is 2.33. The number of carbonyl (C=O) groups excluding carboxylic acids is 1. The molecular weight excluding hydrogens is 478 g/mol. The third-order valence-electron chi connectivity index (χ3n) is 8.05. The fourth-order valence-electron chi connectivity index (χ4n) is 5.65. The van der Waals surface area contributed by atoms with Crippen LogP contribution in [0.2, 0.25) is 0 Å². The summed E-state index contributed by atoms with van der Waals surface area (Å²) in [5, 5.41) is 13.0. The Morgan fingerprint density at radius 1 is 1.03 bits per heavy atom. The number of hydrogen-bond donors (Lipinski definition) is 1. The molecule has 2 fully saturated rings. The normalized spacial score (nSPS) is 17.6. The number of nitrogens with zero attached hydrogens (tertiary/aromatic N) is 6. The molecule has 2 aromatic carbocycles. The number of aromatic nitrogens is 6. The van der Waals surface area contributed by atoms with Gasteiger partial charge in [-0.25, -0.2) is 4.98 Å². The second-order valence-electron chi connectivity index (χ2n) is 10.6. The maximum atomic E-state index is 13.6. The van der Waals surface area contributed by atoms with Crippen LogP contribution in [0.3, 0.4) is 0 Å². The minimum atomic E-state index is -0.0727. The molecule has 9 nitrogen and oxygen atoms in total. The van der Waals surface area contributed by atoms with E-state index in [4.69, 9.17) is 4.98 Å². The van der Waals surface area contributed by atoms with Crippen molar-refractivity contribution in [1.82, 2.24) is 34.4 Å². The molecule has 1 atom stereocenters. The summed E-state index contributed by atoms with van der Waals surface area (Å²) >= 11 is 0. The van der Waals surface area contributed by atoms with Crippen molar-refractivity contribution in [1.29, 1.82) is 0 Å². The van der Waals surface area contributed by atoms with E-state index in [1.165, 1.54) is 0 Å². The largest absolute Gasteiger partial charge is 0.342 e. The minimum Gasteiger partial charge on any atom is -0.342 e. The molecule has 2 aliphatic rings. The zero-order valence-corrected chi connectivity index (χ0v) is 21.3. The fraction of sp³-hybridized carbons (Fsp3) is 0.345. The molecule has 0 bridgehead atoms. The van der Waals surface area contributed by atoms with Gasteiger partial charge in [-0.2, -0.15) is 10.2 Å². The van der Waals surface area contributed by atoms with E-state index in [9.17, 15) is 9.59 Å². The zero-order chi connectivity index (χ0) is 25.8. The average molecular weight is 508 g/mol. The third kappa shape index (κ3) is 3.98. The molecule has 5 aromatic rings. The summed E-state index contributed by atoms with van der Waals surface area (Å²) in [5.41, 5.74) is 4.58. The summed E-state index contributed by atoms with van der Waals surface area (Å²) in [5.74, 6) is 1.61. The Hall–Kier alpha value is -4.27. The molecule has 1 aliphatic carbocycles. The van der Waals surface area contributed by atoms with Crippen molar-refractivity contribution in [3.8, 4) is 22.5 Å². The van der Waals surface area contributed by atoms with Gasteiger partial charge in [0.1, 0.15) is 11.2 Å². The monoisotopic (exact) mass is 507 g/mol. The van der Waals surface area contributed by atoms with Gasteiger partial charge in [-0.05, 0) is 54.9 Å². The Morgan fingerprint density at radius 2 is 1.82 bits per heavy atom. The molecule has 1 saturated carbocycles. The number of H-pyrrole nitrogens is 1. The molecule has 4 heterocycles. The van der Waals surface area contributed by atoms with Crippen LogP contribution in [0.4, 0.5) is 0 Å². The molecule has 192 valence electrons. The number of carbonyl (C=O) groups is 1. The van der Waals surface area contributed by atoms with Crippen molar-refractivity contribution < 1.29 is 4.79 Å². The molecule has 0 spiro atoms. The molecule has 7 rings (SSSR count). The summed E-state index contributed by atoms with van der Waals surface area (Å²) in [6.07, 6.45) is 7.31. The number of rotatable bonds is 6. The van der Waals surface area contributed by atoms with Crippen LogP contribution in [-0.4, -0.2) is 53.4 Å². The summed E-state index contributed by atoms with van der Waals surface area (Å²) in [7, 11) is 1.81. The van der Waals surface area contributed by atoms with Gasteiger partial charge in [-0.15, -0.1) is 0 Å². The first-order valence-corrected chi connectivity index (χ1v) is 13.3. The third-order valence-corrected chi connectivity index (χ3v) is 8.05. The Morgan fingerprint density at radius 3 is 2.63 bits per heavy atom. The topological polar surface area (TPSA) is 102 Å². The molecule has 1 saturated heterocycles. The number of amides is 1. The van der Waals surface area contributed by atoms with Crippen molar-refractivity contribution in [3.63, 3.8) is 0 Å². The lowest BCUT2D eigenvalue weighted by molar-refractivity contribution is -0.131. The van der Waals surface area contributed by atoms with Gasteiger partial charge in [-0.1, -0.05) is 30.3 Å². The molecule has 0 unspecified atom stereocenters. The van der Waals surface area contributed by atoms with E-state index in [1.54, 1.807) is 15.4 Å². The molecule has 1 amide bonds. The first-order chi connectivity index (χ1) is 18.5. The van der Waals surface area contributed by atoms with E-state index in [0.29, 0.717) is 35.2 Å². The van der Waals surface area contributed by atoms with E-state index < -0.39 is 0 Å². The van der Waals surface area contributed by atoms with E-state index in [2.05, 4.69) is 39.6 Å². The van der Waals surface area contributed by atoms with Crippen LogP contribution < -0.4 is 5.56 Å². The van der Waals surface area contributed by atoms with Crippen molar-refractivity contribution in [2.24, 2.45) is 18.9 Å². The number of fused-ring (bicyclic) bond motifs is 2. The predicted molar refractivity (Wildman–Crippen MR) is 145 cm³/mol. The number of hydrogen-bond acceptors (Lipinski definition) is 5. The Kier molecular flexibility index (Phi) is 5.38. The number of likely N-dealkylation sites (tertiary alicyclic amines) is 1. The summed E-state index contributed by atoms with van der Waals surface area (Å²) in [4.78, 5) is 33.0. The van der Waals surface area contributed by atoms with Crippen LogP contribution in [-0.2, 0) is 18.4 Å². The highest BCUT2D eigenvalue weighted by Gasteiger charge is 2.36. The van der Waals surface area contributed by atoms with Crippen molar-refractivity contribution in [3.05, 3.63) is 65.2 Å². The minimum absolute atomic E-state index is 0.0727. The molecular formula is C29H29N7O2. The van der Waals surface area contributed by atoms with Gasteiger partial charge in [-0.3, -0.25) is 23.9 Å². The van der Waals surface area contributed by atoms with E-state index >= 15 is 0 Å². The number of aromatic amines is 1. The SMILES string of the molecule is Cn1ncc2c(=O)n(CC[C@@H]3CCN(C(=O)C4CC4)C3)c(-c3ccc(-c4ccc5[nH]ncc5c4)cc3)nc21. The van der Waals surface area contributed by atoms with Gasteiger partial charge in [0.25, 0.3) is 5.56 Å². The number of nitrogens with one attached hydrogen (secondary N) is 1. The predicted octanol–water partition coefficient (Wildman–Crippen LogP) is 3.99. The van der Waals surface area contributed by atoms with Crippen LogP contribution in [0.1, 0.15) is 25.7 Å². The lowest BCUT2D eigenvalue weighted by Crippen LogP contribution is -2.30. The van der Waals surface area contributed by atoms with Gasteiger partial charge in [0.2, 0.25) is 5.91 Å². The van der Waals surface area contributed by atoms with Crippen LogP contribution in [0.15, 0.2) is 59.7 Å². The molecule has 0 radical (unpaired) electrons. The summed E-state index contributed by atoms with van der Waals surface area (Å²) in [6.45, 7) is 2.17. The molecule has 3 aromatic heterocycles. The fourth-order valence-corrected chi connectivity index (χ4v) is 5.65. The van der Waals surface area contributed by atoms with Crippen molar-refractivity contribution in [2.75, 3.05) is 13.1 Å². The summed E-state index contributed by atoms with van der Waals surface area (Å²) in [6, 6.07) is 14.4. The van der Waals surface area contributed by atoms with Crippen molar-refractivity contribution in [2.45, 2.75) is 32.2 Å². The van der Waals surface area contributed by atoms with Crippen LogP contribution in [0, 0.1) is 11.8 Å². The number of aryl methyl sites for hydroxylation is 1. The first kappa shape index (κ1) is 22.9. The molecule has 9 heteroatoms. The lowest BCUT2D eigenvalue weighted by Gasteiger charge is -2.17. The smallest absolute Gasteiger partial charge is 0.264 e. The Bertz CT molecular complexity index is 1730.